The highest BCUT2D eigenvalue weighted by atomic mass is 35.5. The van der Waals surface area contributed by atoms with Crippen molar-refractivity contribution >= 4 is 23.4 Å². The van der Waals surface area contributed by atoms with Crippen LogP contribution in [0.15, 0.2) is 47.6 Å². The first-order valence-corrected chi connectivity index (χ1v) is 9.43. The van der Waals surface area contributed by atoms with Crippen molar-refractivity contribution < 1.29 is 28.5 Å². The molecular formula is C21H22ClNO6. The summed E-state index contributed by atoms with van der Waals surface area (Å²) < 4.78 is 21.5. The number of halogens is 1. The minimum absolute atomic E-state index is 0.0550. The minimum atomic E-state index is -0.779. The molecule has 1 aromatic carbocycles. The normalized spacial score (nSPS) is 18.7. The Balaban J connectivity index is 2.20. The molecule has 8 heteroatoms. The summed E-state index contributed by atoms with van der Waals surface area (Å²) in [5, 5.41) is 0.265. The number of benzene rings is 1. The van der Waals surface area contributed by atoms with E-state index in [4.69, 9.17) is 36.3 Å². The fourth-order valence-corrected chi connectivity index (χ4v) is 3.86. The number of ether oxygens (including phenoxy) is 4. The van der Waals surface area contributed by atoms with Crippen molar-refractivity contribution in [2.45, 2.75) is 25.2 Å². The summed E-state index contributed by atoms with van der Waals surface area (Å²) in [6.45, 7) is 3.85. The van der Waals surface area contributed by atoms with Gasteiger partial charge in [-0.1, -0.05) is 24.3 Å². The Morgan fingerprint density at radius 1 is 1.38 bits per heavy atom. The lowest BCUT2D eigenvalue weighted by Crippen LogP contribution is -2.31. The fraction of sp³-hybridized carbons (Fsp3) is 0.333. The summed E-state index contributed by atoms with van der Waals surface area (Å²) in [4.78, 5) is 25.3. The number of hydrogen-bond donors (Lipinski definition) is 1. The second-order valence-electron chi connectivity index (χ2n) is 6.55. The van der Waals surface area contributed by atoms with Crippen LogP contribution in [0.3, 0.4) is 0 Å². The SMILES string of the molecule is C=CCOc1c(Cl)cc([C@@H]2C(C(=O)OC)=C(N)OC3=C2C(=O)CCC3)cc1OC. The van der Waals surface area contributed by atoms with E-state index in [1.165, 1.54) is 14.2 Å². The van der Waals surface area contributed by atoms with Crippen LogP contribution in [0, 0.1) is 0 Å². The number of methoxy groups -OCH3 is 2. The van der Waals surface area contributed by atoms with Crippen molar-refractivity contribution in [1.29, 1.82) is 0 Å². The molecule has 29 heavy (non-hydrogen) atoms. The van der Waals surface area contributed by atoms with Crippen LogP contribution < -0.4 is 15.2 Å². The highest BCUT2D eigenvalue weighted by Gasteiger charge is 2.41. The lowest BCUT2D eigenvalue weighted by molar-refractivity contribution is -0.136. The summed E-state index contributed by atoms with van der Waals surface area (Å²) in [6, 6.07) is 3.30. The van der Waals surface area contributed by atoms with Crippen LogP contribution in [0.2, 0.25) is 5.02 Å². The Bertz CT molecular complexity index is 933. The van der Waals surface area contributed by atoms with Crippen LogP contribution in [0.5, 0.6) is 11.5 Å². The van der Waals surface area contributed by atoms with Gasteiger partial charge in [-0.05, 0) is 24.1 Å². The maximum Gasteiger partial charge on any atom is 0.340 e. The van der Waals surface area contributed by atoms with E-state index in [2.05, 4.69) is 6.58 Å². The number of carbonyl (C=O) groups excluding carboxylic acids is 2. The van der Waals surface area contributed by atoms with Gasteiger partial charge >= 0.3 is 5.97 Å². The molecule has 0 amide bonds. The molecule has 3 rings (SSSR count). The number of hydrogen-bond acceptors (Lipinski definition) is 7. The number of allylic oxidation sites excluding steroid dienone is 2. The quantitative estimate of drug-likeness (QED) is 0.557. The fourth-order valence-electron chi connectivity index (χ4n) is 3.59. The largest absolute Gasteiger partial charge is 0.493 e. The van der Waals surface area contributed by atoms with E-state index in [1.807, 2.05) is 0 Å². The molecule has 0 saturated heterocycles. The smallest absolute Gasteiger partial charge is 0.340 e. The van der Waals surface area contributed by atoms with Gasteiger partial charge in [0.1, 0.15) is 17.9 Å². The van der Waals surface area contributed by atoms with Gasteiger partial charge in [0.25, 0.3) is 0 Å². The van der Waals surface area contributed by atoms with Gasteiger partial charge in [-0.25, -0.2) is 4.79 Å². The van der Waals surface area contributed by atoms with Crippen molar-refractivity contribution in [1.82, 2.24) is 0 Å². The summed E-state index contributed by atoms with van der Waals surface area (Å²) in [5.74, 6) is -0.485. The van der Waals surface area contributed by atoms with Crippen LogP contribution in [-0.4, -0.2) is 32.6 Å². The van der Waals surface area contributed by atoms with Gasteiger partial charge in [0, 0.05) is 18.4 Å². The average Bonchev–Trinajstić information content (AvgIpc) is 2.71. The van der Waals surface area contributed by atoms with E-state index in [9.17, 15) is 9.59 Å². The highest BCUT2D eigenvalue weighted by Crippen LogP contribution is 2.47. The Hall–Kier alpha value is -2.93. The number of rotatable bonds is 6. The van der Waals surface area contributed by atoms with E-state index in [0.29, 0.717) is 47.7 Å². The van der Waals surface area contributed by atoms with Crippen molar-refractivity contribution in [2.75, 3.05) is 20.8 Å². The van der Waals surface area contributed by atoms with Gasteiger partial charge in [0.2, 0.25) is 5.88 Å². The van der Waals surface area contributed by atoms with Crippen molar-refractivity contribution in [2.24, 2.45) is 5.73 Å². The zero-order chi connectivity index (χ0) is 21.1. The maximum atomic E-state index is 12.8. The molecule has 154 valence electrons. The molecule has 2 aliphatic rings. The Morgan fingerprint density at radius 2 is 2.14 bits per heavy atom. The van der Waals surface area contributed by atoms with Crippen LogP contribution in [-0.2, 0) is 19.1 Å². The van der Waals surface area contributed by atoms with Crippen LogP contribution in [0.1, 0.15) is 30.7 Å². The van der Waals surface area contributed by atoms with Gasteiger partial charge in [0.15, 0.2) is 17.3 Å². The third kappa shape index (κ3) is 3.82. The van der Waals surface area contributed by atoms with E-state index < -0.39 is 11.9 Å². The van der Waals surface area contributed by atoms with E-state index in [0.717, 1.165) is 0 Å². The standard InChI is InChI=1S/C21H22ClNO6/c1-4-8-28-19-12(22)9-11(10-15(19)26-2)16-17-13(24)6-5-7-14(17)29-20(23)18(16)21(25)27-3/h4,9-10,16H,1,5-8,23H2,2-3H3/t16-/m0/s1. The molecule has 0 bridgehead atoms. The molecule has 1 aliphatic heterocycles. The molecule has 1 heterocycles. The Labute approximate surface area is 173 Å². The first-order chi connectivity index (χ1) is 13.9. The first-order valence-electron chi connectivity index (χ1n) is 9.06. The van der Waals surface area contributed by atoms with Crippen LogP contribution in [0.25, 0.3) is 0 Å². The van der Waals surface area contributed by atoms with Crippen molar-refractivity contribution in [3.05, 3.63) is 58.2 Å². The van der Waals surface area contributed by atoms with Gasteiger partial charge in [0.05, 0.1) is 25.2 Å². The molecule has 0 aromatic heterocycles. The second-order valence-corrected chi connectivity index (χ2v) is 6.96. The summed E-state index contributed by atoms with van der Waals surface area (Å²) >= 11 is 6.44. The number of Topliss-reactive ketones (excluding diaryl/α,β-unsaturated/α-hetero) is 1. The summed E-state index contributed by atoms with van der Waals surface area (Å²) in [6.07, 6.45) is 3.15. The zero-order valence-electron chi connectivity index (χ0n) is 16.2. The minimum Gasteiger partial charge on any atom is -0.493 e. The first kappa shape index (κ1) is 20.8. The summed E-state index contributed by atoms with van der Waals surface area (Å²) in [7, 11) is 2.72. The van der Waals surface area contributed by atoms with Gasteiger partial charge in [-0.2, -0.15) is 0 Å². The van der Waals surface area contributed by atoms with Gasteiger partial charge < -0.3 is 24.7 Å². The van der Waals surface area contributed by atoms with Crippen molar-refractivity contribution in [3.63, 3.8) is 0 Å². The van der Waals surface area contributed by atoms with Gasteiger partial charge in [-0.3, -0.25) is 4.79 Å². The molecule has 1 aliphatic carbocycles. The second kappa shape index (κ2) is 8.61. The van der Waals surface area contributed by atoms with Crippen LogP contribution in [0.4, 0.5) is 0 Å². The van der Waals surface area contributed by atoms with E-state index in [-0.39, 0.29) is 28.9 Å². The topological polar surface area (TPSA) is 97.1 Å². The lowest BCUT2D eigenvalue weighted by atomic mass is 9.77. The van der Waals surface area contributed by atoms with Crippen LogP contribution >= 0.6 is 11.6 Å². The number of ketones is 1. The lowest BCUT2D eigenvalue weighted by Gasteiger charge is -2.32. The van der Waals surface area contributed by atoms with E-state index >= 15 is 0 Å². The molecule has 7 nitrogen and oxygen atoms in total. The zero-order valence-corrected chi connectivity index (χ0v) is 17.0. The van der Waals surface area contributed by atoms with E-state index in [1.54, 1.807) is 18.2 Å². The monoisotopic (exact) mass is 419 g/mol. The number of esters is 1. The maximum absolute atomic E-state index is 12.8. The molecule has 0 unspecified atom stereocenters. The number of carbonyl (C=O) groups is 2. The molecule has 0 fully saturated rings. The number of nitrogens with two attached hydrogens (primary N) is 1. The molecule has 1 aromatic rings. The average molecular weight is 420 g/mol. The molecule has 2 N–H and O–H groups in total. The molecular weight excluding hydrogens is 398 g/mol. The molecule has 0 radical (unpaired) electrons. The van der Waals surface area contributed by atoms with Crippen molar-refractivity contribution in [3.8, 4) is 11.5 Å². The summed E-state index contributed by atoms with van der Waals surface area (Å²) in [5.41, 5.74) is 7.05. The molecule has 1 atom stereocenters. The predicted molar refractivity (Wildman–Crippen MR) is 107 cm³/mol. The Morgan fingerprint density at radius 3 is 2.79 bits per heavy atom. The molecule has 0 saturated carbocycles. The molecule has 0 spiro atoms. The third-order valence-electron chi connectivity index (χ3n) is 4.82. The van der Waals surface area contributed by atoms with Gasteiger partial charge in [-0.15, -0.1) is 0 Å². The third-order valence-corrected chi connectivity index (χ3v) is 5.10. The Kier molecular flexibility index (Phi) is 6.17. The highest BCUT2D eigenvalue weighted by molar-refractivity contribution is 6.32. The predicted octanol–water partition coefficient (Wildman–Crippen LogP) is 3.38.